The van der Waals surface area contributed by atoms with Gasteiger partial charge in [0.25, 0.3) is 0 Å². The third-order valence-electron chi connectivity index (χ3n) is 6.94. The lowest BCUT2D eigenvalue weighted by Crippen LogP contribution is -2.12. The van der Waals surface area contributed by atoms with Gasteiger partial charge in [0, 0.05) is 29.4 Å². The van der Waals surface area contributed by atoms with Gasteiger partial charge in [-0.25, -0.2) is 12.5 Å². The molecule has 0 aliphatic carbocycles. The SMILES string of the molecule is O=P(OF)(OS(c1ccccc1)(c1ccccc1)c1ccccc1)OS(c1ccccc1)(c1ccccc1)c1ccccc1. The van der Waals surface area contributed by atoms with Crippen LogP contribution in [0.5, 0.6) is 0 Å². The van der Waals surface area contributed by atoms with Crippen LogP contribution in [0.4, 0.5) is 4.53 Å². The average Bonchev–Trinajstić information content (AvgIpc) is 3.12. The smallest absolute Gasteiger partial charge is 0.223 e. The van der Waals surface area contributed by atoms with Gasteiger partial charge in [-0.3, -0.25) is 0 Å². The molecule has 0 radical (unpaired) electrons. The Morgan fingerprint density at radius 3 is 0.705 bits per heavy atom. The fourth-order valence-electron chi connectivity index (χ4n) is 5.06. The van der Waals surface area contributed by atoms with Crippen molar-refractivity contribution in [3.05, 3.63) is 182 Å². The predicted molar refractivity (Wildman–Crippen MR) is 175 cm³/mol. The molecule has 6 aromatic carbocycles. The van der Waals surface area contributed by atoms with Crippen molar-refractivity contribution in [3.8, 4) is 0 Å². The van der Waals surface area contributed by atoms with Crippen LogP contribution >= 0.6 is 28.4 Å². The van der Waals surface area contributed by atoms with Crippen molar-refractivity contribution < 1.29 is 21.8 Å². The maximum atomic E-state index is 15.2. The number of benzene rings is 6. The third-order valence-corrected chi connectivity index (χ3v) is 16.0. The normalized spacial score (nSPS) is 12.8. The maximum absolute atomic E-state index is 15.2. The zero-order valence-electron chi connectivity index (χ0n) is 23.6. The van der Waals surface area contributed by atoms with E-state index in [4.69, 9.17) is 7.94 Å². The van der Waals surface area contributed by atoms with E-state index in [1.165, 1.54) is 0 Å². The Hall–Kier alpha value is -3.94. The van der Waals surface area contributed by atoms with Gasteiger partial charge in [0.15, 0.2) is 0 Å². The summed E-state index contributed by atoms with van der Waals surface area (Å²) in [6.07, 6.45) is 0. The zero-order chi connectivity index (χ0) is 30.3. The van der Waals surface area contributed by atoms with Crippen molar-refractivity contribution in [1.82, 2.24) is 0 Å². The van der Waals surface area contributed by atoms with Crippen molar-refractivity contribution in [2.75, 3.05) is 0 Å². The van der Waals surface area contributed by atoms with Gasteiger partial charge in [0.05, 0.1) is 0 Å². The molecule has 0 saturated carbocycles. The van der Waals surface area contributed by atoms with E-state index < -0.39 is 28.4 Å². The molecule has 6 rings (SSSR count). The quantitative estimate of drug-likeness (QED) is 0.132. The summed E-state index contributed by atoms with van der Waals surface area (Å²) in [5.41, 5.74) is 0. The molecule has 222 valence electrons. The van der Waals surface area contributed by atoms with Crippen molar-refractivity contribution in [2.45, 2.75) is 29.4 Å². The van der Waals surface area contributed by atoms with Crippen LogP contribution in [0.15, 0.2) is 211 Å². The summed E-state index contributed by atoms with van der Waals surface area (Å²) >= 11 is 0. The van der Waals surface area contributed by atoms with Gasteiger partial charge in [0.1, 0.15) is 0 Å². The third kappa shape index (κ3) is 5.78. The number of rotatable bonds is 11. The van der Waals surface area contributed by atoms with Gasteiger partial charge in [-0.05, 0) is 97.9 Å². The summed E-state index contributed by atoms with van der Waals surface area (Å²) in [4.78, 5) is 4.24. The van der Waals surface area contributed by atoms with Gasteiger partial charge in [0.2, 0.25) is 0 Å². The highest BCUT2D eigenvalue weighted by molar-refractivity contribution is 8.33. The molecule has 4 nitrogen and oxygen atoms in total. The highest BCUT2D eigenvalue weighted by Gasteiger charge is 2.49. The molecule has 0 N–H and O–H groups in total. The van der Waals surface area contributed by atoms with Gasteiger partial charge < -0.3 is 0 Å². The van der Waals surface area contributed by atoms with E-state index >= 15 is 9.09 Å². The lowest BCUT2D eigenvalue weighted by molar-refractivity contribution is -0.0315. The van der Waals surface area contributed by atoms with Crippen LogP contribution in [-0.2, 0) is 17.2 Å². The molecule has 0 aromatic heterocycles. The average molecular weight is 641 g/mol. The minimum Gasteiger partial charge on any atom is -0.223 e. The van der Waals surface area contributed by atoms with E-state index in [1.54, 1.807) is 0 Å². The van der Waals surface area contributed by atoms with Crippen LogP contribution in [0.25, 0.3) is 0 Å². The highest BCUT2D eigenvalue weighted by atomic mass is 32.3. The molecule has 0 aliphatic heterocycles. The molecule has 0 atom stereocenters. The van der Waals surface area contributed by atoms with E-state index in [0.29, 0.717) is 29.4 Å². The lowest BCUT2D eigenvalue weighted by atomic mass is 10.4. The Morgan fingerprint density at radius 2 is 0.545 bits per heavy atom. The molecule has 0 saturated heterocycles. The summed E-state index contributed by atoms with van der Waals surface area (Å²) in [7, 11) is -10.8. The van der Waals surface area contributed by atoms with Crippen molar-refractivity contribution >= 4 is 28.4 Å². The van der Waals surface area contributed by atoms with Crippen LogP contribution in [0.3, 0.4) is 0 Å². The Kier molecular flexibility index (Phi) is 9.14. The molecule has 0 spiro atoms. The second-order valence-corrected chi connectivity index (χ2v) is 16.9. The second-order valence-electron chi connectivity index (χ2n) is 9.66. The first-order valence-electron chi connectivity index (χ1n) is 13.9. The van der Waals surface area contributed by atoms with Crippen molar-refractivity contribution in [1.29, 1.82) is 0 Å². The second kappa shape index (κ2) is 13.4. The number of phosphoric acid groups is 1. The van der Waals surface area contributed by atoms with E-state index in [0.717, 1.165) is 0 Å². The fraction of sp³-hybridized carbons (Fsp3) is 0. The first-order chi connectivity index (χ1) is 21.6. The van der Waals surface area contributed by atoms with Crippen LogP contribution in [0, 0.1) is 0 Å². The number of halogens is 1. The van der Waals surface area contributed by atoms with Gasteiger partial charge in [-0.2, -0.15) is 0 Å². The monoisotopic (exact) mass is 640 g/mol. The van der Waals surface area contributed by atoms with E-state index in [2.05, 4.69) is 4.73 Å². The Bertz CT molecular complexity index is 1490. The van der Waals surface area contributed by atoms with Crippen LogP contribution < -0.4 is 0 Å². The summed E-state index contributed by atoms with van der Waals surface area (Å²) in [6.45, 7) is 0. The summed E-state index contributed by atoms with van der Waals surface area (Å²) in [6, 6.07) is 56.6. The minimum absolute atomic E-state index is 0.706. The first kappa shape index (κ1) is 30.1. The topological polar surface area (TPSA) is 44.8 Å². The molecule has 44 heavy (non-hydrogen) atoms. The Balaban J connectivity index is 1.62. The Morgan fingerprint density at radius 1 is 0.364 bits per heavy atom. The number of hydrogen-bond acceptors (Lipinski definition) is 4. The molecule has 8 heteroatoms. The lowest BCUT2D eigenvalue weighted by Gasteiger charge is -2.45. The highest BCUT2D eigenvalue weighted by Crippen LogP contribution is 2.83. The molecule has 0 heterocycles. The molecular formula is C36H30FO4PS2. The summed E-state index contributed by atoms with van der Waals surface area (Å²) in [5.74, 6) is 0. The van der Waals surface area contributed by atoms with Gasteiger partial charge >= 0.3 is 7.82 Å². The molecule has 0 aliphatic rings. The van der Waals surface area contributed by atoms with Crippen molar-refractivity contribution in [3.63, 3.8) is 0 Å². The standard InChI is InChI=1S/C36H30FO4PS2/c37-39-42(38,40-43(31-19-7-1-8-20-31,32-21-9-2-10-22-32)33-23-11-3-12-24-33)41-44(34-25-13-4-14-26-34,35-27-15-5-16-28-35)36-29-17-6-18-30-36/h1-30H. The van der Waals surface area contributed by atoms with Crippen LogP contribution in [0.2, 0.25) is 0 Å². The maximum Gasteiger partial charge on any atom is 0.527 e. The minimum atomic E-state index is -5.03. The van der Waals surface area contributed by atoms with E-state index in [-0.39, 0.29) is 0 Å². The first-order valence-corrected chi connectivity index (χ1v) is 18.5. The molecule has 0 bridgehead atoms. The van der Waals surface area contributed by atoms with E-state index in [9.17, 15) is 0 Å². The summed E-state index contributed by atoms with van der Waals surface area (Å²) in [5, 5.41) is 0. The van der Waals surface area contributed by atoms with Crippen LogP contribution in [-0.4, -0.2) is 0 Å². The van der Waals surface area contributed by atoms with Crippen molar-refractivity contribution in [2.24, 2.45) is 0 Å². The molecule has 0 fully saturated rings. The van der Waals surface area contributed by atoms with Gasteiger partial charge in [-0.15, -0.1) is 0 Å². The zero-order valence-corrected chi connectivity index (χ0v) is 26.1. The molecular weight excluding hydrogens is 610 g/mol. The molecule has 6 aromatic rings. The molecule has 0 amide bonds. The number of hydrogen-bond donors (Lipinski definition) is 0. The fourth-order valence-corrected chi connectivity index (χ4v) is 14.7. The van der Waals surface area contributed by atoms with E-state index in [1.807, 2.05) is 182 Å². The Labute approximate surface area is 260 Å². The summed E-state index contributed by atoms with van der Waals surface area (Å²) < 4.78 is 48.1. The molecule has 0 unspecified atom stereocenters. The largest absolute Gasteiger partial charge is 0.527 e. The predicted octanol–water partition coefficient (Wildman–Crippen LogP) is 11.8. The van der Waals surface area contributed by atoms with Crippen LogP contribution in [0.1, 0.15) is 0 Å². The van der Waals surface area contributed by atoms with Gasteiger partial charge in [-0.1, -0.05) is 114 Å².